The summed E-state index contributed by atoms with van der Waals surface area (Å²) < 4.78 is 28.7. The molecule has 6 heteroatoms. The molecule has 0 heterocycles. The molecule has 2 rings (SSSR count). The number of nitrogens with one attached hydrogen (secondary N) is 1. The molecule has 0 bridgehead atoms. The molecule has 1 aromatic carbocycles. The predicted molar refractivity (Wildman–Crippen MR) is 82.1 cm³/mol. The Kier molecular flexibility index (Phi) is 5.07. The SMILES string of the molecule is CCCCN(C)S(=O)(=O)N[C@@H]1CCc2c(Cl)cccc21. The minimum absolute atomic E-state index is 0.169. The largest absolute Gasteiger partial charge is 0.279 e. The van der Waals surface area contributed by atoms with Crippen LogP contribution in [0, 0.1) is 0 Å². The smallest absolute Gasteiger partial charge is 0.195 e. The third-order valence-corrected chi connectivity index (χ3v) is 5.68. The van der Waals surface area contributed by atoms with E-state index in [-0.39, 0.29) is 6.04 Å². The molecule has 0 radical (unpaired) electrons. The van der Waals surface area contributed by atoms with Gasteiger partial charge < -0.3 is 0 Å². The highest BCUT2D eigenvalue weighted by atomic mass is 35.5. The van der Waals surface area contributed by atoms with E-state index in [0.29, 0.717) is 6.54 Å². The van der Waals surface area contributed by atoms with E-state index in [1.807, 2.05) is 25.1 Å². The normalized spacial score (nSPS) is 18.5. The zero-order chi connectivity index (χ0) is 14.8. The molecule has 4 nitrogen and oxygen atoms in total. The Morgan fingerprint density at radius 3 is 2.90 bits per heavy atom. The van der Waals surface area contributed by atoms with Crippen LogP contribution in [-0.2, 0) is 16.6 Å². The summed E-state index contributed by atoms with van der Waals surface area (Å²) in [6.45, 7) is 2.59. The molecule has 112 valence electrons. The van der Waals surface area contributed by atoms with Crippen LogP contribution in [0.25, 0.3) is 0 Å². The summed E-state index contributed by atoms with van der Waals surface area (Å²) in [5.74, 6) is 0. The van der Waals surface area contributed by atoms with Gasteiger partial charge in [-0.25, -0.2) is 0 Å². The lowest BCUT2D eigenvalue weighted by Crippen LogP contribution is -2.40. The number of hydrogen-bond donors (Lipinski definition) is 1. The molecule has 0 amide bonds. The fraction of sp³-hybridized carbons (Fsp3) is 0.571. The van der Waals surface area contributed by atoms with E-state index in [1.54, 1.807) is 7.05 Å². The van der Waals surface area contributed by atoms with Crippen molar-refractivity contribution in [3.05, 3.63) is 34.3 Å². The van der Waals surface area contributed by atoms with Crippen molar-refractivity contribution in [1.82, 2.24) is 9.03 Å². The summed E-state index contributed by atoms with van der Waals surface area (Å²) in [6, 6.07) is 5.50. The number of nitrogens with zero attached hydrogens (tertiary/aromatic N) is 1. The van der Waals surface area contributed by atoms with E-state index in [1.165, 1.54) is 4.31 Å². The third kappa shape index (κ3) is 3.34. The zero-order valence-electron chi connectivity index (χ0n) is 11.9. The van der Waals surface area contributed by atoms with Gasteiger partial charge in [-0.05, 0) is 36.5 Å². The second-order valence-electron chi connectivity index (χ2n) is 5.20. The Bertz CT molecular complexity index is 575. The fourth-order valence-electron chi connectivity index (χ4n) is 2.50. The van der Waals surface area contributed by atoms with Gasteiger partial charge in [0, 0.05) is 24.7 Å². The molecule has 0 unspecified atom stereocenters. The number of halogens is 1. The molecule has 20 heavy (non-hydrogen) atoms. The second kappa shape index (κ2) is 6.43. The van der Waals surface area contributed by atoms with Crippen LogP contribution in [0.4, 0.5) is 0 Å². The van der Waals surface area contributed by atoms with Crippen LogP contribution >= 0.6 is 11.6 Å². The lowest BCUT2D eigenvalue weighted by atomic mass is 10.1. The second-order valence-corrected chi connectivity index (χ2v) is 7.41. The summed E-state index contributed by atoms with van der Waals surface area (Å²) in [7, 11) is -1.81. The van der Waals surface area contributed by atoms with Crippen molar-refractivity contribution < 1.29 is 8.42 Å². The molecule has 1 atom stereocenters. The van der Waals surface area contributed by atoms with Crippen LogP contribution in [0.1, 0.15) is 43.4 Å². The zero-order valence-corrected chi connectivity index (χ0v) is 13.5. The molecular weight excluding hydrogens is 296 g/mol. The van der Waals surface area contributed by atoms with Gasteiger partial charge in [-0.3, -0.25) is 0 Å². The molecule has 1 aliphatic carbocycles. The van der Waals surface area contributed by atoms with Crippen molar-refractivity contribution in [2.45, 2.75) is 38.6 Å². The quantitative estimate of drug-likeness (QED) is 0.877. The van der Waals surface area contributed by atoms with Gasteiger partial charge in [-0.2, -0.15) is 17.4 Å². The van der Waals surface area contributed by atoms with E-state index >= 15 is 0 Å². The molecule has 0 fully saturated rings. The predicted octanol–water partition coefficient (Wildman–Crippen LogP) is 2.89. The van der Waals surface area contributed by atoms with Crippen LogP contribution in [0.15, 0.2) is 18.2 Å². The van der Waals surface area contributed by atoms with Crippen LogP contribution in [0.3, 0.4) is 0 Å². The van der Waals surface area contributed by atoms with Gasteiger partial charge in [-0.1, -0.05) is 37.1 Å². The van der Waals surface area contributed by atoms with Gasteiger partial charge in [0.05, 0.1) is 0 Å². The highest BCUT2D eigenvalue weighted by molar-refractivity contribution is 7.87. The molecule has 1 aromatic rings. The maximum atomic E-state index is 12.3. The minimum atomic E-state index is -3.43. The molecule has 0 aliphatic heterocycles. The first-order valence-electron chi connectivity index (χ1n) is 6.96. The lowest BCUT2D eigenvalue weighted by molar-refractivity contribution is 0.439. The van der Waals surface area contributed by atoms with Crippen LogP contribution in [0.2, 0.25) is 5.02 Å². The summed E-state index contributed by atoms with van der Waals surface area (Å²) in [6.07, 6.45) is 3.42. The van der Waals surface area contributed by atoms with Gasteiger partial charge in [0.15, 0.2) is 0 Å². The van der Waals surface area contributed by atoms with Gasteiger partial charge in [-0.15, -0.1) is 0 Å². The average molecular weight is 317 g/mol. The number of benzene rings is 1. The highest BCUT2D eigenvalue weighted by Gasteiger charge is 2.29. The molecule has 1 N–H and O–H groups in total. The van der Waals surface area contributed by atoms with Crippen LogP contribution in [0.5, 0.6) is 0 Å². The van der Waals surface area contributed by atoms with E-state index in [4.69, 9.17) is 11.6 Å². The van der Waals surface area contributed by atoms with Crippen molar-refractivity contribution in [2.24, 2.45) is 0 Å². The van der Waals surface area contributed by atoms with E-state index < -0.39 is 10.2 Å². The summed E-state index contributed by atoms with van der Waals surface area (Å²) in [4.78, 5) is 0. The van der Waals surface area contributed by atoms with Crippen molar-refractivity contribution in [2.75, 3.05) is 13.6 Å². The first-order valence-corrected chi connectivity index (χ1v) is 8.78. The Morgan fingerprint density at radius 1 is 1.45 bits per heavy atom. The first kappa shape index (κ1) is 15.8. The van der Waals surface area contributed by atoms with Gasteiger partial charge in [0.1, 0.15) is 0 Å². The van der Waals surface area contributed by atoms with Crippen molar-refractivity contribution in [3.8, 4) is 0 Å². The monoisotopic (exact) mass is 316 g/mol. The molecule has 0 saturated heterocycles. The molecular formula is C14H21ClN2O2S. The number of hydrogen-bond acceptors (Lipinski definition) is 2. The van der Waals surface area contributed by atoms with Crippen LogP contribution in [-0.4, -0.2) is 26.3 Å². The maximum Gasteiger partial charge on any atom is 0.279 e. The van der Waals surface area contributed by atoms with E-state index in [0.717, 1.165) is 41.8 Å². The fourth-order valence-corrected chi connectivity index (χ4v) is 3.93. The highest BCUT2D eigenvalue weighted by Crippen LogP contribution is 2.35. The van der Waals surface area contributed by atoms with Crippen molar-refractivity contribution in [1.29, 1.82) is 0 Å². The average Bonchev–Trinajstić information content (AvgIpc) is 2.80. The Hall–Kier alpha value is -0.620. The topological polar surface area (TPSA) is 49.4 Å². The number of unbranched alkanes of at least 4 members (excludes halogenated alkanes) is 1. The van der Waals surface area contributed by atoms with Crippen molar-refractivity contribution in [3.63, 3.8) is 0 Å². The van der Waals surface area contributed by atoms with Crippen molar-refractivity contribution >= 4 is 21.8 Å². The number of rotatable bonds is 6. The molecule has 0 saturated carbocycles. The standard InChI is InChI=1S/C14H21ClN2O2S/c1-3-4-10-17(2)20(18,19)16-14-9-8-11-12(14)6-5-7-13(11)15/h5-7,14,16H,3-4,8-10H2,1-2H3/t14-/m1/s1. The van der Waals surface area contributed by atoms with Gasteiger partial charge in [0.2, 0.25) is 0 Å². The summed E-state index contributed by atoms with van der Waals surface area (Å²) >= 11 is 6.15. The van der Waals surface area contributed by atoms with Crippen LogP contribution < -0.4 is 4.72 Å². The number of fused-ring (bicyclic) bond motifs is 1. The first-order chi connectivity index (χ1) is 9.45. The Morgan fingerprint density at radius 2 is 2.20 bits per heavy atom. The third-order valence-electron chi connectivity index (χ3n) is 3.74. The Balaban J connectivity index is 2.11. The maximum absolute atomic E-state index is 12.3. The summed E-state index contributed by atoms with van der Waals surface area (Å²) in [5.41, 5.74) is 2.07. The molecule has 0 aromatic heterocycles. The summed E-state index contributed by atoms with van der Waals surface area (Å²) in [5, 5.41) is 0.725. The van der Waals surface area contributed by atoms with E-state index in [2.05, 4.69) is 4.72 Å². The van der Waals surface area contributed by atoms with Gasteiger partial charge >= 0.3 is 0 Å². The Labute approximate surface area is 126 Å². The lowest BCUT2D eigenvalue weighted by Gasteiger charge is -2.21. The van der Waals surface area contributed by atoms with Gasteiger partial charge in [0.25, 0.3) is 10.2 Å². The van der Waals surface area contributed by atoms with E-state index in [9.17, 15) is 8.42 Å². The molecule has 1 aliphatic rings. The minimum Gasteiger partial charge on any atom is -0.195 e. The molecule has 0 spiro atoms.